The number of hydrogen-bond acceptors (Lipinski definition) is 5. The summed E-state index contributed by atoms with van der Waals surface area (Å²) in [5, 5.41) is 5.61. The van der Waals surface area contributed by atoms with Gasteiger partial charge in [-0.1, -0.05) is 0 Å². The van der Waals surface area contributed by atoms with E-state index in [0.29, 0.717) is 13.1 Å². The third-order valence-electron chi connectivity index (χ3n) is 5.77. The lowest BCUT2D eigenvalue weighted by molar-refractivity contribution is -0.119. The molecule has 2 aliphatic heterocycles. The number of rotatable bonds is 5. The monoisotopic (exact) mass is 379 g/mol. The molecular weight excluding hydrogens is 360 g/mol. The van der Waals surface area contributed by atoms with E-state index in [2.05, 4.69) is 10.6 Å². The number of ether oxygens (including phenoxy) is 1. The fraction of sp³-hybridized carbons (Fsp3) is 0.500. The van der Waals surface area contributed by atoms with Gasteiger partial charge in [-0.15, -0.1) is 0 Å². The zero-order chi connectivity index (χ0) is 19.3. The Kier molecular flexibility index (Phi) is 4.14. The summed E-state index contributed by atoms with van der Waals surface area (Å²) in [6, 6.07) is 2.20. The van der Waals surface area contributed by atoms with Gasteiger partial charge in [0, 0.05) is 30.4 Å². The van der Waals surface area contributed by atoms with Crippen molar-refractivity contribution in [3.63, 3.8) is 0 Å². The predicted molar refractivity (Wildman–Crippen MR) is 90.2 cm³/mol. The first kappa shape index (κ1) is 17.8. The Morgan fingerprint density at radius 2 is 2.15 bits per heavy atom. The topological polar surface area (TPSA) is 87.7 Å². The molecule has 2 N–H and O–H groups in total. The Labute approximate surface area is 154 Å². The molecule has 4 rings (SSSR count). The van der Waals surface area contributed by atoms with Crippen LogP contribution in [0.25, 0.3) is 0 Å². The first-order valence-corrected chi connectivity index (χ1v) is 8.76. The SMILES string of the molecule is CC(=O)NC[C@H]1CN(c2cc(F)c([C@]34CNC[C@H]3[C@@H]4C=O)c(F)c2)C(=O)O1. The molecule has 3 fully saturated rings. The summed E-state index contributed by atoms with van der Waals surface area (Å²) in [6.45, 7) is 2.43. The first-order valence-electron chi connectivity index (χ1n) is 8.76. The van der Waals surface area contributed by atoms with E-state index in [1.54, 1.807) is 0 Å². The number of fused-ring (bicyclic) bond motifs is 1. The number of aldehydes is 1. The highest BCUT2D eigenvalue weighted by Gasteiger charge is 2.69. The van der Waals surface area contributed by atoms with Crippen molar-refractivity contribution in [2.45, 2.75) is 18.4 Å². The van der Waals surface area contributed by atoms with Gasteiger partial charge < -0.3 is 20.2 Å². The van der Waals surface area contributed by atoms with E-state index < -0.39 is 35.2 Å². The summed E-state index contributed by atoms with van der Waals surface area (Å²) in [4.78, 5) is 35.4. The van der Waals surface area contributed by atoms with Crippen LogP contribution >= 0.6 is 0 Å². The second-order valence-corrected chi connectivity index (χ2v) is 7.28. The van der Waals surface area contributed by atoms with Crippen molar-refractivity contribution >= 4 is 24.0 Å². The normalized spacial score (nSPS) is 31.4. The molecule has 2 heterocycles. The summed E-state index contributed by atoms with van der Waals surface area (Å²) in [5.74, 6) is -2.32. The Hall–Kier alpha value is -2.55. The average molecular weight is 379 g/mol. The third kappa shape index (κ3) is 2.68. The molecule has 27 heavy (non-hydrogen) atoms. The van der Waals surface area contributed by atoms with Gasteiger partial charge in [-0.2, -0.15) is 0 Å². The van der Waals surface area contributed by atoms with Crippen molar-refractivity contribution in [1.82, 2.24) is 10.6 Å². The first-order chi connectivity index (χ1) is 12.9. The van der Waals surface area contributed by atoms with E-state index in [0.717, 1.165) is 23.3 Å². The highest BCUT2D eigenvalue weighted by Crippen LogP contribution is 2.62. The quantitative estimate of drug-likeness (QED) is 0.736. The van der Waals surface area contributed by atoms with Gasteiger partial charge >= 0.3 is 6.09 Å². The Balaban J connectivity index is 1.59. The maximum Gasteiger partial charge on any atom is 0.414 e. The summed E-state index contributed by atoms with van der Waals surface area (Å²) >= 11 is 0. The second kappa shape index (κ2) is 6.26. The molecule has 0 unspecified atom stereocenters. The fourth-order valence-corrected chi connectivity index (χ4v) is 4.46. The lowest BCUT2D eigenvalue weighted by Crippen LogP contribution is -2.33. The molecular formula is C18H19F2N3O4. The van der Waals surface area contributed by atoms with Crippen LogP contribution in [0.2, 0.25) is 0 Å². The maximum absolute atomic E-state index is 14.9. The zero-order valence-electron chi connectivity index (χ0n) is 14.6. The van der Waals surface area contributed by atoms with Crippen LogP contribution < -0.4 is 15.5 Å². The molecule has 0 bridgehead atoms. The molecule has 0 radical (unpaired) electrons. The molecule has 144 valence electrons. The van der Waals surface area contributed by atoms with Crippen molar-refractivity contribution < 1.29 is 27.9 Å². The minimum atomic E-state index is -0.839. The molecule has 1 aliphatic carbocycles. The molecule has 1 aromatic rings. The Morgan fingerprint density at radius 3 is 2.74 bits per heavy atom. The zero-order valence-corrected chi connectivity index (χ0v) is 14.6. The van der Waals surface area contributed by atoms with Crippen LogP contribution in [0.4, 0.5) is 19.3 Å². The highest BCUT2D eigenvalue weighted by molar-refractivity contribution is 5.90. The van der Waals surface area contributed by atoms with Gasteiger partial charge in [0.2, 0.25) is 5.91 Å². The number of carbonyl (C=O) groups excluding carboxylic acids is 3. The smallest absolute Gasteiger partial charge is 0.414 e. The Bertz CT molecular complexity index is 810. The number of halogens is 2. The number of cyclic esters (lactones) is 1. The minimum absolute atomic E-state index is 0.0475. The molecule has 9 heteroatoms. The molecule has 0 aromatic heterocycles. The molecule has 1 saturated carbocycles. The number of amides is 2. The van der Waals surface area contributed by atoms with Crippen molar-refractivity contribution in [3.05, 3.63) is 29.3 Å². The van der Waals surface area contributed by atoms with Crippen molar-refractivity contribution in [3.8, 4) is 0 Å². The van der Waals surface area contributed by atoms with E-state index in [-0.39, 0.29) is 36.2 Å². The fourth-order valence-electron chi connectivity index (χ4n) is 4.46. The van der Waals surface area contributed by atoms with E-state index in [9.17, 15) is 23.2 Å². The van der Waals surface area contributed by atoms with Crippen LogP contribution in [0.15, 0.2) is 12.1 Å². The summed E-state index contributed by atoms with van der Waals surface area (Å²) < 4.78 is 34.8. The summed E-state index contributed by atoms with van der Waals surface area (Å²) in [6.07, 6.45) is -0.562. The van der Waals surface area contributed by atoms with Gasteiger partial charge in [0.05, 0.1) is 18.8 Å². The summed E-state index contributed by atoms with van der Waals surface area (Å²) in [5.41, 5.74) is -0.888. The number of nitrogens with zero attached hydrogens (tertiary/aromatic N) is 1. The second-order valence-electron chi connectivity index (χ2n) is 7.28. The maximum atomic E-state index is 14.9. The van der Waals surface area contributed by atoms with Gasteiger partial charge in [-0.05, 0) is 24.6 Å². The highest BCUT2D eigenvalue weighted by atomic mass is 19.1. The molecule has 2 amide bonds. The van der Waals surface area contributed by atoms with E-state index >= 15 is 0 Å². The van der Waals surface area contributed by atoms with Crippen LogP contribution in [0.5, 0.6) is 0 Å². The summed E-state index contributed by atoms with van der Waals surface area (Å²) in [7, 11) is 0. The van der Waals surface area contributed by atoms with Crippen molar-refractivity contribution in [2.75, 3.05) is 31.1 Å². The van der Waals surface area contributed by atoms with Crippen molar-refractivity contribution in [1.29, 1.82) is 0 Å². The van der Waals surface area contributed by atoms with E-state index in [1.165, 1.54) is 6.92 Å². The third-order valence-corrected chi connectivity index (χ3v) is 5.77. The number of nitrogens with one attached hydrogen (secondary N) is 2. The molecule has 7 nitrogen and oxygen atoms in total. The minimum Gasteiger partial charge on any atom is -0.442 e. The number of anilines is 1. The van der Waals surface area contributed by atoms with Crippen LogP contribution in [-0.4, -0.2) is 50.6 Å². The average Bonchev–Trinajstić information content (AvgIpc) is 2.90. The molecule has 0 spiro atoms. The number of piperidine rings is 1. The van der Waals surface area contributed by atoms with Crippen LogP contribution in [0, 0.1) is 23.5 Å². The van der Waals surface area contributed by atoms with Gasteiger partial charge in [-0.25, -0.2) is 13.6 Å². The molecule has 4 atom stereocenters. The number of benzene rings is 1. The largest absolute Gasteiger partial charge is 0.442 e. The molecule has 1 aromatic carbocycles. The lowest BCUT2D eigenvalue weighted by Gasteiger charge is -2.19. The van der Waals surface area contributed by atoms with Gasteiger partial charge in [0.1, 0.15) is 24.0 Å². The van der Waals surface area contributed by atoms with Gasteiger partial charge in [0.15, 0.2) is 0 Å². The molecule has 2 saturated heterocycles. The van der Waals surface area contributed by atoms with Crippen LogP contribution in [0.1, 0.15) is 12.5 Å². The van der Waals surface area contributed by atoms with E-state index in [4.69, 9.17) is 4.74 Å². The standard InChI is InChI=1S/C18H19F2N3O4/c1-9(25)22-4-11-6-23(17(26)27-11)10-2-14(19)16(15(20)3-10)18-8-21-5-12(18)13(18)7-24/h2-3,7,11-13,21H,4-6,8H2,1H3,(H,22,25)/t11-,12-,13-,18+/m0/s1. The number of carbonyl (C=O) groups is 3. The lowest BCUT2D eigenvalue weighted by atomic mass is 9.91. The van der Waals surface area contributed by atoms with Gasteiger partial charge in [-0.3, -0.25) is 9.69 Å². The predicted octanol–water partition coefficient (Wildman–Crippen LogP) is 0.712. The van der Waals surface area contributed by atoms with Crippen molar-refractivity contribution in [2.24, 2.45) is 11.8 Å². The molecule has 3 aliphatic rings. The Morgan fingerprint density at radius 1 is 1.44 bits per heavy atom. The van der Waals surface area contributed by atoms with Crippen LogP contribution in [0.3, 0.4) is 0 Å². The van der Waals surface area contributed by atoms with Crippen LogP contribution in [-0.2, 0) is 19.7 Å². The van der Waals surface area contributed by atoms with Gasteiger partial charge in [0.25, 0.3) is 0 Å². The van der Waals surface area contributed by atoms with E-state index in [1.807, 2.05) is 0 Å². The number of hydrogen-bond donors (Lipinski definition) is 2.